The van der Waals surface area contributed by atoms with Crippen molar-refractivity contribution in [2.24, 2.45) is 0 Å². The van der Waals surface area contributed by atoms with Crippen LogP contribution in [0.25, 0.3) is 0 Å². The fourth-order valence-corrected chi connectivity index (χ4v) is 3.51. The van der Waals surface area contributed by atoms with Crippen LogP contribution in [0.1, 0.15) is 18.5 Å². The maximum atomic E-state index is 13.3. The molecule has 160 valence electrons. The Morgan fingerprint density at radius 2 is 1.93 bits per heavy atom. The van der Waals surface area contributed by atoms with Gasteiger partial charge in [-0.1, -0.05) is 0 Å². The number of benzene rings is 1. The smallest absolute Gasteiger partial charge is 0.249 e. The minimum atomic E-state index is -1.53. The molecule has 1 saturated carbocycles. The van der Waals surface area contributed by atoms with Crippen LogP contribution in [0.3, 0.4) is 0 Å². The molecule has 2 aromatic rings. The lowest BCUT2D eigenvalue weighted by Crippen LogP contribution is -2.49. The van der Waals surface area contributed by atoms with E-state index >= 15 is 0 Å². The summed E-state index contributed by atoms with van der Waals surface area (Å²) in [6.07, 6.45) is 0.781. The van der Waals surface area contributed by atoms with Crippen LogP contribution >= 0.6 is 0 Å². The number of carbonyl (C=O) groups excluding carboxylic acids is 1. The lowest BCUT2D eigenvalue weighted by Gasteiger charge is -2.37. The van der Waals surface area contributed by atoms with Crippen molar-refractivity contribution in [2.45, 2.75) is 38.0 Å². The summed E-state index contributed by atoms with van der Waals surface area (Å²) >= 11 is 0. The third-order valence-electron chi connectivity index (χ3n) is 5.28. The van der Waals surface area contributed by atoms with Crippen molar-refractivity contribution in [3.05, 3.63) is 35.3 Å². The van der Waals surface area contributed by atoms with Crippen LogP contribution in [0.5, 0.6) is 5.75 Å². The van der Waals surface area contributed by atoms with E-state index in [9.17, 15) is 23.1 Å². The summed E-state index contributed by atoms with van der Waals surface area (Å²) in [5.41, 5.74) is 1.07. The Kier molecular flexibility index (Phi) is 5.14. The van der Waals surface area contributed by atoms with Gasteiger partial charge in [0.25, 0.3) is 0 Å². The second-order valence-electron chi connectivity index (χ2n) is 7.38. The molecule has 2 heterocycles. The molecule has 1 amide bonds. The molecule has 0 saturated heterocycles. The molecule has 1 aromatic heterocycles. The third kappa shape index (κ3) is 3.60. The van der Waals surface area contributed by atoms with Crippen molar-refractivity contribution < 1.29 is 27.8 Å². The number of aliphatic hydroxyl groups is 1. The Hall–Kier alpha value is -3.08. The molecular formula is C19H20F3N5O3. The molecule has 2 aliphatic rings. The summed E-state index contributed by atoms with van der Waals surface area (Å²) in [4.78, 5) is 22.5. The number of aryl methyl sites for hydroxylation is 1. The predicted molar refractivity (Wildman–Crippen MR) is 102 cm³/mol. The molecule has 8 nitrogen and oxygen atoms in total. The lowest BCUT2D eigenvalue weighted by atomic mass is 9.89. The van der Waals surface area contributed by atoms with Gasteiger partial charge in [0, 0.05) is 38.1 Å². The number of carbonyl (C=O) groups is 1. The minimum absolute atomic E-state index is 0.0280. The molecule has 30 heavy (non-hydrogen) atoms. The van der Waals surface area contributed by atoms with Crippen molar-refractivity contribution in [1.29, 1.82) is 0 Å². The highest BCUT2D eigenvalue weighted by molar-refractivity contribution is 6.03. The SMILES string of the molecule is Cc1nc(N[C@H]2C[C@H](Oc3cc(F)c(F)c(F)c3)C2)nc2c1NC(=O)[C@@H](CO)N2C. The van der Waals surface area contributed by atoms with Crippen molar-refractivity contribution in [3.63, 3.8) is 0 Å². The Bertz CT molecular complexity index is 977. The van der Waals surface area contributed by atoms with E-state index in [4.69, 9.17) is 4.74 Å². The second kappa shape index (κ2) is 7.63. The standard InChI is InChI=1S/C19H20F3N5O3/c1-8-16-17(27(2)14(7-28)18(29)25-16)26-19(23-8)24-9-3-10(4-9)30-11-5-12(20)15(22)13(21)6-11/h5-6,9-10,14,28H,3-4,7H2,1-2H3,(H,25,29)(H,23,24,26)/t9-,10-,14-/m1/s1. The summed E-state index contributed by atoms with van der Waals surface area (Å²) in [6.45, 7) is 1.39. The zero-order chi connectivity index (χ0) is 21.6. The first kappa shape index (κ1) is 20.2. The topological polar surface area (TPSA) is 99.6 Å². The number of likely N-dealkylation sites (N-methyl/N-ethyl adjacent to an activating group) is 1. The summed E-state index contributed by atoms with van der Waals surface area (Å²) in [6, 6.07) is 0.866. The summed E-state index contributed by atoms with van der Waals surface area (Å²) in [5.74, 6) is -3.67. The van der Waals surface area contributed by atoms with Crippen molar-refractivity contribution >= 4 is 23.4 Å². The average Bonchev–Trinajstić information content (AvgIpc) is 2.65. The number of nitrogens with one attached hydrogen (secondary N) is 2. The Morgan fingerprint density at radius 1 is 1.27 bits per heavy atom. The number of nitrogens with zero attached hydrogens (tertiary/aromatic N) is 3. The molecule has 1 fully saturated rings. The van der Waals surface area contributed by atoms with Crippen LogP contribution in [0, 0.1) is 24.4 Å². The van der Waals surface area contributed by atoms with E-state index in [-0.39, 0.29) is 30.4 Å². The zero-order valence-electron chi connectivity index (χ0n) is 16.2. The number of rotatable bonds is 5. The number of halogens is 3. The molecular weight excluding hydrogens is 403 g/mol. The first-order valence-electron chi connectivity index (χ1n) is 9.37. The summed E-state index contributed by atoms with van der Waals surface area (Å²) < 4.78 is 45.1. The Labute approximate surface area is 170 Å². The van der Waals surface area contributed by atoms with Crippen LogP contribution < -0.4 is 20.3 Å². The second-order valence-corrected chi connectivity index (χ2v) is 7.38. The first-order valence-corrected chi connectivity index (χ1v) is 9.37. The van der Waals surface area contributed by atoms with Gasteiger partial charge in [-0.05, 0) is 6.92 Å². The van der Waals surface area contributed by atoms with Gasteiger partial charge in [-0.2, -0.15) is 4.98 Å². The van der Waals surface area contributed by atoms with Crippen molar-refractivity contribution in [3.8, 4) is 5.75 Å². The van der Waals surface area contributed by atoms with E-state index < -0.39 is 23.5 Å². The number of anilines is 3. The molecule has 0 bridgehead atoms. The highest BCUT2D eigenvalue weighted by Crippen LogP contribution is 2.34. The quantitative estimate of drug-likeness (QED) is 0.633. The van der Waals surface area contributed by atoms with Crippen molar-refractivity contribution in [2.75, 3.05) is 29.2 Å². The van der Waals surface area contributed by atoms with E-state index in [0.29, 0.717) is 36.0 Å². The van der Waals surface area contributed by atoms with Gasteiger partial charge in [-0.25, -0.2) is 18.2 Å². The van der Waals surface area contributed by atoms with E-state index in [2.05, 4.69) is 20.6 Å². The zero-order valence-corrected chi connectivity index (χ0v) is 16.2. The molecule has 0 unspecified atom stereocenters. The molecule has 1 aromatic carbocycles. The van der Waals surface area contributed by atoms with Gasteiger partial charge in [0.15, 0.2) is 23.3 Å². The monoisotopic (exact) mass is 423 g/mol. The molecule has 11 heteroatoms. The normalized spacial score (nSPS) is 22.8. The van der Waals surface area contributed by atoms with Gasteiger partial charge in [-0.3, -0.25) is 4.79 Å². The number of aromatic nitrogens is 2. The molecule has 1 aliphatic heterocycles. The summed E-state index contributed by atoms with van der Waals surface area (Å²) in [7, 11) is 1.67. The molecule has 1 aliphatic carbocycles. The van der Waals surface area contributed by atoms with E-state index in [0.717, 1.165) is 12.1 Å². The molecule has 0 radical (unpaired) electrons. The van der Waals surface area contributed by atoms with Crippen LogP contribution in [0.4, 0.5) is 30.6 Å². The highest BCUT2D eigenvalue weighted by Gasteiger charge is 2.35. The van der Waals surface area contributed by atoms with Gasteiger partial charge < -0.3 is 25.4 Å². The maximum Gasteiger partial charge on any atom is 0.249 e. The number of fused-ring (bicyclic) bond motifs is 1. The van der Waals surface area contributed by atoms with Gasteiger partial charge in [0.1, 0.15) is 23.6 Å². The van der Waals surface area contributed by atoms with Crippen LogP contribution in [0.2, 0.25) is 0 Å². The van der Waals surface area contributed by atoms with E-state index in [1.807, 2.05) is 0 Å². The average molecular weight is 423 g/mol. The number of hydrogen-bond donors (Lipinski definition) is 3. The summed E-state index contributed by atoms with van der Waals surface area (Å²) in [5, 5.41) is 15.3. The molecule has 0 spiro atoms. The van der Waals surface area contributed by atoms with Gasteiger partial charge in [0.05, 0.1) is 12.3 Å². The van der Waals surface area contributed by atoms with Gasteiger partial charge >= 0.3 is 0 Å². The predicted octanol–water partition coefficient (Wildman–Crippen LogP) is 1.97. The fourth-order valence-electron chi connectivity index (χ4n) is 3.51. The van der Waals surface area contributed by atoms with E-state index in [1.54, 1.807) is 18.9 Å². The Morgan fingerprint density at radius 3 is 2.57 bits per heavy atom. The number of aliphatic hydroxyl groups excluding tert-OH is 1. The largest absolute Gasteiger partial charge is 0.490 e. The van der Waals surface area contributed by atoms with Gasteiger partial charge in [0.2, 0.25) is 11.9 Å². The van der Waals surface area contributed by atoms with Crippen LogP contribution in [-0.2, 0) is 4.79 Å². The van der Waals surface area contributed by atoms with Crippen LogP contribution in [-0.4, -0.2) is 52.8 Å². The molecule has 4 rings (SSSR count). The highest BCUT2D eigenvalue weighted by atomic mass is 19.2. The molecule has 3 N–H and O–H groups in total. The van der Waals surface area contributed by atoms with Gasteiger partial charge in [-0.15, -0.1) is 0 Å². The maximum absolute atomic E-state index is 13.3. The minimum Gasteiger partial charge on any atom is -0.490 e. The lowest BCUT2D eigenvalue weighted by molar-refractivity contribution is -0.118. The first-order chi connectivity index (χ1) is 14.3. The Balaban J connectivity index is 1.40. The number of amides is 1. The number of hydrogen-bond acceptors (Lipinski definition) is 7. The third-order valence-corrected chi connectivity index (χ3v) is 5.28. The van der Waals surface area contributed by atoms with Crippen LogP contribution in [0.15, 0.2) is 12.1 Å². The van der Waals surface area contributed by atoms with E-state index in [1.165, 1.54) is 0 Å². The molecule has 1 atom stereocenters. The fraction of sp³-hybridized carbons (Fsp3) is 0.421. The van der Waals surface area contributed by atoms with Crippen molar-refractivity contribution in [1.82, 2.24) is 9.97 Å². The number of ether oxygens (including phenoxy) is 1.